The summed E-state index contributed by atoms with van der Waals surface area (Å²) in [4.78, 5) is 0. The van der Waals surface area contributed by atoms with Crippen LogP contribution in [0, 0.1) is 23.7 Å². The van der Waals surface area contributed by atoms with Crippen LogP contribution < -0.4 is 0 Å². The van der Waals surface area contributed by atoms with Gasteiger partial charge in [-0.3, -0.25) is 0 Å². The molecule has 0 heterocycles. The predicted molar refractivity (Wildman–Crippen MR) is 78.3 cm³/mol. The number of rotatable bonds is 8. The standard InChI is InChI=1S/C16H30O2/c1-7-8-9-12(4)15(17)14(6)16(18)13(5)10-11(2)3/h7-9,11-18H,1,10H2,2-6H3/b9-8-/t12?,13-,14+,15-,16+/m0/s1. The van der Waals surface area contributed by atoms with Crippen molar-refractivity contribution >= 4 is 0 Å². The van der Waals surface area contributed by atoms with Crippen LogP contribution in [0.3, 0.4) is 0 Å². The molecule has 0 aliphatic carbocycles. The van der Waals surface area contributed by atoms with Gasteiger partial charge in [-0.15, -0.1) is 0 Å². The van der Waals surface area contributed by atoms with Crippen LogP contribution >= 0.6 is 0 Å². The van der Waals surface area contributed by atoms with Gasteiger partial charge in [-0.2, -0.15) is 0 Å². The van der Waals surface area contributed by atoms with Crippen molar-refractivity contribution in [2.45, 2.75) is 53.2 Å². The van der Waals surface area contributed by atoms with Crippen molar-refractivity contribution in [2.75, 3.05) is 0 Å². The summed E-state index contributed by atoms with van der Waals surface area (Å²) in [5.41, 5.74) is 0. The lowest BCUT2D eigenvalue weighted by Crippen LogP contribution is -2.37. The molecule has 0 radical (unpaired) electrons. The Kier molecular flexibility index (Phi) is 8.21. The van der Waals surface area contributed by atoms with Crippen molar-refractivity contribution in [3.05, 3.63) is 24.8 Å². The lowest BCUT2D eigenvalue weighted by Gasteiger charge is -2.31. The molecule has 5 atom stereocenters. The first-order valence-electron chi connectivity index (χ1n) is 6.96. The lowest BCUT2D eigenvalue weighted by atomic mass is 9.81. The fourth-order valence-corrected chi connectivity index (χ4v) is 2.45. The van der Waals surface area contributed by atoms with Crippen molar-refractivity contribution in [2.24, 2.45) is 23.7 Å². The van der Waals surface area contributed by atoms with Gasteiger partial charge in [0.2, 0.25) is 0 Å². The Morgan fingerprint density at radius 3 is 2.00 bits per heavy atom. The summed E-state index contributed by atoms with van der Waals surface area (Å²) in [6.07, 6.45) is 5.46. The summed E-state index contributed by atoms with van der Waals surface area (Å²) in [5.74, 6) is 0.685. The second kappa shape index (κ2) is 8.49. The van der Waals surface area contributed by atoms with Crippen LogP contribution in [0.5, 0.6) is 0 Å². The van der Waals surface area contributed by atoms with Crippen molar-refractivity contribution in [3.8, 4) is 0 Å². The van der Waals surface area contributed by atoms with Gasteiger partial charge in [-0.05, 0) is 18.3 Å². The third kappa shape index (κ3) is 5.83. The van der Waals surface area contributed by atoms with Gasteiger partial charge in [-0.25, -0.2) is 0 Å². The number of hydrogen-bond donors (Lipinski definition) is 2. The molecule has 2 N–H and O–H groups in total. The predicted octanol–water partition coefficient (Wildman–Crippen LogP) is 3.40. The number of aliphatic hydroxyl groups is 2. The first-order valence-corrected chi connectivity index (χ1v) is 6.96. The third-order valence-corrected chi connectivity index (χ3v) is 3.59. The fraction of sp³-hybridized carbons (Fsp3) is 0.750. The maximum Gasteiger partial charge on any atom is 0.0650 e. The SMILES string of the molecule is C=C/C=C\C(C)[C@H](O)[C@@H](C)[C@H](O)[C@@H](C)CC(C)C. The number of allylic oxidation sites excluding steroid dienone is 2. The van der Waals surface area contributed by atoms with Gasteiger partial charge in [0, 0.05) is 11.8 Å². The third-order valence-electron chi connectivity index (χ3n) is 3.59. The van der Waals surface area contributed by atoms with E-state index in [0.29, 0.717) is 5.92 Å². The van der Waals surface area contributed by atoms with E-state index in [1.165, 1.54) is 0 Å². The van der Waals surface area contributed by atoms with Crippen LogP contribution in [-0.4, -0.2) is 22.4 Å². The van der Waals surface area contributed by atoms with Gasteiger partial charge in [0.15, 0.2) is 0 Å². The van der Waals surface area contributed by atoms with Gasteiger partial charge in [0.1, 0.15) is 0 Å². The molecular weight excluding hydrogens is 224 g/mol. The van der Waals surface area contributed by atoms with Crippen LogP contribution in [0.1, 0.15) is 41.0 Å². The maximum atomic E-state index is 10.3. The van der Waals surface area contributed by atoms with Crippen LogP contribution in [-0.2, 0) is 0 Å². The Balaban J connectivity index is 4.47. The van der Waals surface area contributed by atoms with Crippen molar-refractivity contribution in [1.82, 2.24) is 0 Å². The Morgan fingerprint density at radius 1 is 1.00 bits per heavy atom. The molecule has 0 aromatic rings. The summed E-state index contributed by atoms with van der Waals surface area (Å²) in [5, 5.41) is 20.5. The van der Waals surface area contributed by atoms with Crippen molar-refractivity contribution in [3.63, 3.8) is 0 Å². The van der Waals surface area contributed by atoms with E-state index in [2.05, 4.69) is 27.4 Å². The molecule has 0 aromatic carbocycles. The molecule has 0 aliphatic heterocycles. The monoisotopic (exact) mass is 254 g/mol. The largest absolute Gasteiger partial charge is 0.392 e. The first kappa shape index (κ1) is 17.4. The van der Waals surface area contributed by atoms with E-state index in [1.807, 2.05) is 26.0 Å². The van der Waals surface area contributed by atoms with E-state index in [9.17, 15) is 10.2 Å². The minimum absolute atomic E-state index is 0.0268. The van der Waals surface area contributed by atoms with Crippen molar-refractivity contribution in [1.29, 1.82) is 0 Å². The van der Waals surface area contributed by atoms with Gasteiger partial charge in [0.05, 0.1) is 12.2 Å². The zero-order valence-electron chi connectivity index (χ0n) is 12.5. The molecule has 0 aliphatic rings. The highest BCUT2D eigenvalue weighted by Crippen LogP contribution is 2.25. The highest BCUT2D eigenvalue weighted by Gasteiger charge is 2.29. The van der Waals surface area contributed by atoms with Crippen molar-refractivity contribution < 1.29 is 10.2 Å². The van der Waals surface area contributed by atoms with Crippen LogP contribution in [0.15, 0.2) is 24.8 Å². The second-order valence-corrected chi connectivity index (χ2v) is 5.93. The summed E-state index contributed by atoms with van der Waals surface area (Å²) < 4.78 is 0. The second-order valence-electron chi connectivity index (χ2n) is 5.93. The van der Waals surface area contributed by atoms with E-state index in [4.69, 9.17) is 0 Å². The zero-order valence-corrected chi connectivity index (χ0v) is 12.5. The van der Waals surface area contributed by atoms with E-state index >= 15 is 0 Å². The molecule has 106 valence electrons. The van der Waals surface area contributed by atoms with Crippen LogP contribution in [0.25, 0.3) is 0 Å². The zero-order chi connectivity index (χ0) is 14.3. The molecule has 0 rings (SSSR count). The summed E-state index contributed by atoms with van der Waals surface area (Å²) >= 11 is 0. The van der Waals surface area contributed by atoms with Gasteiger partial charge in [-0.1, -0.05) is 59.4 Å². The summed E-state index contributed by atoms with van der Waals surface area (Å²) in [7, 11) is 0. The molecule has 18 heavy (non-hydrogen) atoms. The molecule has 0 fully saturated rings. The van der Waals surface area contributed by atoms with Crippen LogP contribution in [0.4, 0.5) is 0 Å². The quantitative estimate of drug-likeness (QED) is 0.652. The molecule has 0 aromatic heterocycles. The minimum Gasteiger partial charge on any atom is -0.392 e. The molecule has 0 spiro atoms. The molecule has 2 heteroatoms. The average molecular weight is 254 g/mol. The molecule has 0 bridgehead atoms. The Hall–Kier alpha value is -0.600. The Morgan fingerprint density at radius 2 is 1.56 bits per heavy atom. The molecule has 2 nitrogen and oxygen atoms in total. The van der Waals surface area contributed by atoms with E-state index in [0.717, 1.165) is 6.42 Å². The molecular formula is C16H30O2. The number of aliphatic hydroxyl groups excluding tert-OH is 2. The van der Waals surface area contributed by atoms with Crippen LogP contribution in [0.2, 0.25) is 0 Å². The fourth-order valence-electron chi connectivity index (χ4n) is 2.45. The molecule has 0 saturated carbocycles. The Labute approximate surface area is 112 Å². The minimum atomic E-state index is -0.522. The normalized spacial score (nSPS) is 20.7. The van der Waals surface area contributed by atoms with Gasteiger partial charge in [0.25, 0.3) is 0 Å². The highest BCUT2D eigenvalue weighted by atomic mass is 16.3. The van der Waals surface area contributed by atoms with E-state index in [1.54, 1.807) is 6.08 Å². The van der Waals surface area contributed by atoms with Gasteiger partial charge < -0.3 is 10.2 Å². The smallest absolute Gasteiger partial charge is 0.0650 e. The van der Waals surface area contributed by atoms with E-state index in [-0.39, 0.29) is 17.8 Å². The number of hydrogen-bond acceptors (Lipinski definition) is 2. The average Bonchev–Trinajstić information content (AvgIpc) is 2.32. The highest BCUT2D eigenvalue weighted by molar-refractivity contribution is 5.01. The molecule has 1 unspecified atom stereocenters. The Bertz CT molecular complexity index is 258. The summed E-state index contributed by atoms with van der Waals surface area (Å²) in [6, 6.07) is 0. The van der Waals surface area contributed by atoms with E-state index < -0.39 is 12.2 Å². The summed E-state index contributed by atoms with van der Waals surface area (Å²) in [6.45, 7) is 13.9. The molecule has 0 saturated heterocycles. The van der Waals surface area contributed by atoms with Gasteiger partial charge >= 0.3 is 0 Å². The molecule has 0 amide bonds. The lowest BCUT2D eigenvalue weighted by molar-refractivity contribution is -0.0240. The maximum absolute atomic E-state index is 10.3. The first-order chi connectivity index (χ1) is 8.31. The topological polar surface area (TPSA) is 40.5 Å².